The van der Waals surface area contributed by atoms with Gasteiger partial charge >= 0.3 is 0 Å². The minimum absolute atomic E-state index is 0.120. The van der Waals surface area contributed by atoms with E-state index in [9.17, 15) is 13.2 Å². The molecule has 34 heavy (non-hydrogen) atoms. The van der Waals surface area contributed by atoms with E-state index < -0.39 is 15.9 Å². The number of hydrogen-bond donors (Lipinski definition) is 2. The molecule has 0 radical (unpaired) electrons. The summed E-state index contributed by atoms with van der Waals surface area (Å²) in [7, 11) is -0.945. The van der Waals surface area contributed by atoms with Crippen LogP contribution < -0.4 is 24.2 Å². The fraction of sp³-hybridized carbons (Fsp3) is 0.250. The molecule has 0 aliphatic rings. The van der Waals surface area contributed by atoms with Gasteiger partial charge in [-0.2, -0.15) is 0 Å². The van der Waals surface area contributed by atoms with E-state index in [4.69, 9.17) is 14.2 Å². The van der Waals surface area contributed by atoms with Gasteiger partial charge in [-0.1, -0.05) is 6.07 Å². The molecule has 3 aromatic rings. The molecule has 0 saturated carbocycles. The van der Waals surface area contributed by atoms with Crippen LogP contribution in [-0.2, 0) is 10.0 Å². The molecule has 1 amide bonds. The summed E-state index contributed by atoms with van der Waals surface area (Å²) >= 11 is 0. The second-order valence-electron chi connectivity index (χ2n) is 7.74. The number of ether oxygens (including phenoxy) is 3. The van der Waals surface area contributed by atoms with Crippen molar-refractivity contribution in [1.29, 1.82) is 0 Å². The lowest BCUT2D eigenvalue weighted by atomic mass is 10.2. The number of pyridine rings is 1. The largest absolute Gasteiger partial charge is 0.495 e. The monoisotopic (exact) mass is 485 g/mol. The molecule has 9 nitrogen and oxygen atoms in total. The molecule has 1 heterocycles. The number of rotatable bonds is 9. The molecule has 2 N–H and O–H groups in total. The van der Waals surface area contributed by atoms with Crippen LogP contribution in [0.1, 0.15) is 29.8 Å². The van der Waals surface area contributed by atoms with Crippen LogP contribution in [0.5, 0.6) is 23.1 Å². The summed E-state index contributed by atoms with van der Waals surface area (Å²) in [6.07, 6.45) is 1.44. The van der Waals surface area contributed by atoms with Crippen LogP contribution in [0.25, 0.3) is 0 Å². The van der Waals surface area contributed by atoms with Crippen molar-refractivity contribution in [3.63, 3.8) is 0 Å². The molecule has 10 heteroatoms. The summed E-state index contributed by atoms with van der Waals surface area (Å²) < 4.78 is 44.1. The van der Waals surface area contributed by atoms with Crippen LogP contribution in [0.15, 0.2) is 59.6 Å². The minimum atomic E-state index is -3.87. The highest BCUT2D eigenvalue weighted by Crippen LogP contribution is 2.31. The number of carbonyl (C=O) groups is 1. The number of sulfonamides is 1. The van der Waals surface area contributed by atoms with Gasteiger partial charge in [-0.15, -0.1) is 0 Å². The van der Waals surface area contributed by atoms with E-state index in [0.717, 1.165) is 5.56 Å². The number of hydrogen-bond acceptors (Lipinski definition) is 7. The van der Waals surface area contributed by atoms with Gasteiger partial charge in [-0.3, -0.25) is 4.79 Å². The third-order valence-electron chi connectivity index (χ3n) is 4.63. The Kier molecular flexibility index (Phi) is 7.75. The molecule has 0 fully saturated rings. The van der Waals surface area contributed by atoms with Crippen molar-refractivity contribution < 1.29 is 27.4 Å². The van der Waals surface area contributed by atoms with Gasteiger partial charge in [0, 0.05) is 17.7 Å². The van der Waals surface area contributed by atoms with E-state index in [1.165, 1.54) is 31.5 Å². The SMILES string of the molecule is COc1cc(C)ccc1Oc1ccc(NC(=O)c2ccc(OC)c(S(=O)(=O)NC(C)C)c2)cn1. The Balaban J connectivity index is 1.77. The number of aromatic nitrogens is 1. The van der Waals surface area contributed by atoms with Crippen LogP contribution in [0.4, 0.5) is 5.69 Å². The highest BCUT2D eigenvalue weighted by molar-refractivity contribution is 7.89. The van der Waals surface area contributed by atoms with Gasteiger partial charge in [0.2, 0.25) is 15.9 Å². The fourth-order valence-corrected chi connectivity index (χ4v) is 4.54. The van der Waals surface area contributed by atoms with Gasteiger partial charge in [0.05, 0.1) is 26.1 Å². The van der Waals surface area contributed by atoms with Crippen LogP contribution in [0.3, 0.4) is 0 Å². The zero-order valence-electron chi connectivity index (χ0n) is 19.6. The zero-order valence-corrected chi connectivity index (χ0v) is 20.4. The fourth-order valence-electron chi connectivity index (χ4n) is 3.09. The van der Waals surface area contributed by atoms with Crippen molar-refractivity contribution in [2.24, 2.45) is 0 Å². The predicted molar refractivity (Wildman–Crippen MR) is 128 cm³/mol. The number of anilines is 1. The molecule has 1 aromatic heterocycles. The smallest absolute Gasteiger partial charge is 0.255 e. The molecule has 0 aliphatic heterocycles. The van der Waals surface area contributed by atoms with Crippen molar-refractivity contribution in [3.05, 3.63) is 65.9 Å². The summed E-state index contributed by atoms with van der Waals surface area (Å²) in [5.74, 6) is 1.05. The predicted octanol–water partition coefficient (Wildman–Crippen LogP) is 4.14. The Morgan fingerprint density at radius 1 is 0.941 bits per heavy atom. The average molecular weight is 486 g/mol. The molecule has 0 aliphatic carbocycles. The van der Waals surface area contributed by atoms with E-state index in [1.54, 1.807) is 39.2 Å². The van der Waals surface area contributed by atoms with Crippen LogP contribution in [0, 0.1) is 6.92 Å². The first kappa shape index (κ1) is 25.0. The van der Waals surface area contributed by atoms with Crippen molar-refractivity contribution in [1.82, 2.24) is 9.71 Å². The molecule has 0 atom stereocenters. The first-order valence-electron chi connectivity index (χ1n) is 10.4. The Morgan fingerprint density at radius 3 is 2.26 bits per heavy atom. The third-order valence-corrected chi connectivity index (χ3v) is 6.31. The van der Waals surface area contributed by atoms with Crippen LogP contribution in [-0.4, -0.2) is 39.6 Å². The van der Waals surface area contributed by atoms with Crippen LogP contribution in [0.2, 0.25) is 0 Å². The van der Waals surface area contributed by atoms with Crippen molar-refractivity contribution >= 4 is 21.6 Å². The quantitative estimate of drug-likeness (QED) is 0.468. The molecule has 0 unspecified atom stereocenters. The first-order valence-corrected chi connectivity index (χ1v) is 11.9. The van der Waals surface area contributed by atoms with Gasteiger partial charge in [-0.25, -0.2) is 18.1 Å². The number of nitrogens with one attached hydrogen (secondary N) is 2. The second kappa shape index (κ2) is 10.5. The topological polar surface area (TPSA) is 116 Å². The lowest BCUT2D eigenvalue weighted by molar-refractivity contribution is 0.102. The number of benzene rings is 2. The Morgan fingerprint density at radius 2 is 1.65 bits per heavy atom. The third kappa shape index (κ3) is 6.03. The van der Waals surface area contributed by atoms with E-state index in [-0.39, 0.29) is 22.3 Å². The van der Waals surface area contributed by atoms with Crippen molar-refractivity contribution in [2.45, 2.75) is 31.7 Å². The van der Waals surface area contributed by atoms with Gasteiger partial charge in [-0.05, 0) is 62.7 Å². The summed E-state index contributed by atoms with van der Waals surface area (Å²) in [6, 6.07) is 12.6. The Bertz CT molecular complexity index is 1270. The van der Waals surface area contributed by atoms with Gasteiger partial charge in [0.25, 0.3) is 5.91 Å². The summed E-state index contributed by atoms with van der Waals surface area (Å²) in [4.78, 5) is 16.9. The van der Waals surface area contributed by atoms with E-state index in [1.807, 2.05) is 19.1 Å². The highest BCUT2D eigenvalue weighted by atomic mass is 32.2. The zero-order chi connectivity index (χ0) is 24.9. The minimum Gasteiger partial charge on any atom is -0.495 e. The van der Waals surface area contributed by atoms with Gasteiger partial charge in [0.15, 0.2) is 11.5 Å². The lowest BCUT2D eigenvalue weighted by Crippen LogP contribution is -2.30. The standard InChI is InChI=1S/C24H27N3O6S/c1-15(2)27-34(29,30)22-13-17(7-10-20(22)31-4)24(28)26-18-8-11-23(25-14-18)33-19-9-6-16(3)12-21(19)32-5/h6-15,27H,1-5H3,(H,26,28). The molecule has 0 bridgehead atoms. The Hall–Kier alpha value is -3.63. The van der Waals surface area contributed by atoms with E-state index in [2.05, 4.69) is 15.0 Å². The maximum absolute atomic E-state index is 12.8. The number of carbonyl (C=O) groups excluding carboxylic acids is 1. The average Bonchev–Trinajstić information content (AvgIpc) is 2.80. The molecule has 2 aromatic carbocycles. The Labute approximate surface area is 199 Å². The summed E-state index contributed by atoms with van der Waals surface area (Å²) in [5.41, 5.74) is 1.59. The maximum Gasteiger partial charge on any atom is 0.255 e. The summed E-state index contributed by atoms with van der Waals surface area (Å²) in [6.45, 7) is 5.36. The molecule has 3 rings (SSSR count). The normalized spacial score (nSPS) is 11.2. The van der Waals surface area contributed by atoms with Gasteiger partial charge in [0.1, 0.15) is 10.6 Å². The molecular weight excluding hydrogens is 458 g/mol. The summed E-state index contributed by atoms with van der Waals surface area (Å²) in [5, 5.41) is 2.70. The first-order chi connectivity index (χ1) is 16.1. The molecule has 0 spiro atoms. The van der Waals surface area contributed by atoms with E-state index >= 15 is 0 Å². The number of aryl methyl sites for hydroxylation is 1. The van der Waals surface area contributed by atoms with Crippen LogP contribution >= 0.6 is 0 Å². The molecule has 0 saturated heterocycles. The number of nitrogens with zero attached hydrogens (tertiary/aromatic N) is 1. The van der Waals surface area contributed by atoms with E-state index in [0.29, 0.717) is 23.1 Å². The van der Waals surface area contributed by atoms with Crippen molar-refractivity contribution in [2.75, 3.05) is 19.5 Å². The number of methoxy groups -OCH3 is 2. The lowest BCUT2D eigenvalue weighted by Gasteiger charge is -2.14. The number of amides is 1. The molecular formula is C24H27N3O6S. The molecule has 180 valence electrons. The van der Waals surface area contributed by atoms with Gasteiger partial charge < -0.3 is 19.5 Å². The highest BCUT2D eigenvalue weighted by Gasteiger charge is 2.22. The maximum atomic E-state index is 12.8. The van der Waals surface area contributed by atoms with Crippen molar-refractivity contribution in [3.8, 4) is 23.1 Å². The second-order valence-corrected chi connectivity index (χ2v) is 9.42.